The Morgan fingerprint density at radius 2 is 1.32 bits per heavy atom. The molecule has 0 aromatic rings. The topological polar surface area (TPSA) is 202 Å². The van der Waals surface area contributed by atoms with E-state index in [1.165, 1.54) is 0 Å². The third-order valence-corrected chi connectivity index (χ3v) is 1.87. The first-order valence-corrected chi connectivity index (χ1v) is 5.13. The molecule has 9 N–H and O–H groups in total. The van der Waals surface area contributed by atoms with Crippen LogP contribution in [0, 0.1) is 0 Å². The monoisotopic (exact) mass is 285 g/mol. The zero-order valence-corrected chi connectivity index (χ0v) is 9.96. The van der Waals surface area contributed by atoms with Gasteiger partial charge in [-0.05, 0) is 0 Å². The molecule has 0 aliphatic carbocycles. The molecule has 3 unspecified atom stereocenters. The number of aliphatic hydroxyl groups excluding tert-OH is 5. The quantitative estimate of drug-likeness (QED) is 0.227. The Morgan fingerprint density at radius 3 is 1.47 bits per heavy atom. The van der Waals surface area contributed by atoms with E-state index in [1.54, 1.807) is 0 Å². The molecule has 0 radical (unpaired) electrons. The minimum absolute atomic E-state index is 0.532. The number of carboxylic acids is 2. The normalized spacial score (nSPS) is 16.5. The zero-order valence-electron chi connectivity index (χ0n) is 9.96. The Kier molecular flexibility index (Phi) is 11.2. The largest absolute Gasteiger partial charge is 0.481 e. The first kappa shape index (κ1) is 20.0. The minimum atomic E-state index is -1.49. The summed E-state index contributed by atoms with van der Waals surface area (Å²) < 4.78 is 0. The van der Waals surface area contributed by atoms with Crippen LogP contribution in [0.1, 0.15) is 6.42 Å². The lowest BCUT2D eigenvalue weighted by Crippen LogP contribution is -2.41. The molecule has 0 bridgehead atoms. The number of hydrogen-bond acceptors (Lipinski definition) is 8. The van der Waals surface area contributed by atoms with Crippen molar-refractivity contribution in [2.24, 2.45) is 5.73 Å². The van der Waals surface area contributed by atoms with Gasteiger partial charge in [-0.15, -0.1) is 0 Å². The zero-order chi connectivity index (χ0) is 15.6. The predicted molar refractivity (Wildman–Crippen MR) is 60.1 cm³/mol. The van der Waals surface area contributed by atoms with Crippen LogP contribution < -0.4 is 5.73 Å². The third-order valence-electron chi connectivity index (χ3n) is 1.87. The average Bonchev–Trinajstić information content (AvgIpc) is 2.35. The fourth-order valence-corrected chi connectivity index (χ4v) is 0.748. The average molecular weight is 285 g/mol. The van der Waals surface area contributed by atoms with Crippen molar-refractivity contribution in [2.45, 2.75) is 30.8 Å². The highest BCUT2D eigenvalue weighted by molar-refractivity contribution is 5.80. The fourth-order valence-electron chi connectivity index (χ4n) is 0.748. The molecule has 10 heteroatoms. The molecule has 10 nitrogen and oxygen atoms in total. The number of aliphatic hydroxyl groups is 5. The number of aliphatic carboxylic acids is 2. The van der Waals surface area contributed by atoms with Crippen LogP contribution in [0.3, 0.4) is 0 Å². The van der Waals surface area contributed by atoms with Gasteiger partial charge in [0.25, 0.3) is 0 Å². The van der Waals surface area contributed by atoms with Crippen molar-refractivity contribution in [3.8, 4) is 0 Å². The molecular formula is C9H19NO9. The molecule has 0 rings (SSSR count). The maximum atomic E-state index is 9.85. The van der Waals surface area contributed by atoms with E-state index in [1.807, 2.05) is 0 Å². The number of rotatable bonds is 7. The lowest BCUT2D eigenvalue weighted by atomic mass is 10.1. The summed E-state index contributed by atoms with van der Waals surface area (Å²) in [7, 11) is 0. The van der Waals surface area contributed by atoms with Gasteiger partial charge >= 0.3 is 11.9 Å². The summed E-state index contributed by atoms with van der Waals surface area (Å²) in [5.74, 6) is -2.50. The molecule has 0 aromatic carbocycles. The second-order valence-electron chi connectivity index (χ2n) is 3.53. The van der Waals surface area contributed by atoms with Gasteiger partial charge in [0, 0.05) is 0 Å². The fraction of sp³-hybridized carbons (Fsp3) is 0.778. The second-order valence-corrected chi connectivity index (χ2v) is 3.53. The van der Waals surface area contributed by atoms with Crippen LogP contribution in [0.2, 0.25) is 0 Å². The molecule has 19 heavy (non-hydrogen) atoms. The van der Waals surface area contributed by atoms with E-state index in [2.05, 4.69) is 0 Å². The van der Waals surface area contributed by atoms with E-state index in [-0.39, 0.29) is 0 Å². The van der Waals surface area contributed by atoms with E-state index < -0.39 is 55.9 Å². The van der Waals surface area contributed by atoms with Gasteiger partial charge in [-0.1, -0.05) is 0 Å². The Bertz CT molecular complexity index is 262. The highest BCUT2D eigenvalue weighted by Crippen LogP contribution is 1.98. The van der Waals surface area contributed by atoms with Crippen molar-refractivity contribution in [1.29, 1.82) is 0 Å². The lowest BCUT2D eigenvalue weighted by Gasteiger charge is -2.19. The SMILES string of the molecule is NC(CC(=O)O)C(=O)O.OCC(O)C(O)C(O)CO. The van der Waals surface area contributed by atoms with Crippen LogP contribution >= 0.6 is 0 Å². The lowest BCUT2D eigenvalue weighted by molar-refractivity contribution is -0.144. The molecule has 0 amide bonds. The molecule has 0 aromatic heterocycles. The van der Waals surface area contributed by atoms with E-state index in [0.29, 0.717) is 0 Å². The first-order valence-electron chi connectivity index (χ1n) is 5.13. The van der Waals surface area contributed by atoms with Gasteiger partial charge in [0.05, 0.1) is 19.6 Å². The van der Waals surface area contributed by atoms with Crippen LogP contribution in [-0.2, 0) is 9.59 Å². The predicted octanol–water partition coefficient (Wildman–Crippen LogP) is -4.07. The van der Waals surface area contributed by atoms with Crippen molar-refractivity contribution < 1.29 is 45.3 Å². The summed E-state index contributed by atoms with van der Waals surface area (Å²) in [5, 5.41) is 58.6. The molecule has 0 heterocycles. The molecule has 0 saturated carbocycles. The smallest absolute Gasteiger partial charge is 0.321 e. The van der Waals surface area contributed by atoms with Crippen molar-refractivity contribution in [3.05, 3.63) is 0 Å². The van der Waals surface area contributed by atoms with E-state index in [0.717, 1.165) is 0 Å². The molecule has 3 atom stereocenters. The van der Waals surface area contributed by atoms with Gasteiger partial charge in [-0.2, -0.15) is 0 Å². The number of carbonyl (C=O) groups is 2. The molecule has 114 valence electrons. The van der Waals surface area contributed by atoms with Crippen molar-refractivity contribution in [3.63, 3.8) is 0 Å². The Morgan fingerprint density at radius 1 is 0.947 bits per heavy atom. The van der Waals surface area contributed by atoms with Crippen LogP contribution in [0.25, 0.3) is 0 Å². The molecule has 0 saturated heterocycles. The van der Waals surface area contributed by atoms with Gasteiger partial charge in [0.2, 0.25) is 0 Å². The van der Waals surface area contributed by atoms with Crippen LogP contribution in [0.4, 0.5) is 0 Å². The van der Waals surface area contributed by atoms with Gasteiger partial charge in [0.1, 0.15) is 24.4 Å². The summed E-state index contributed by atoms with van der Waals surface area (Å²) in [6, 6.07) is -1.29. The molecule has 0 aliphatic heterocycles. The number of hydrogen-bond donors (Lipinski definition) is 8. The summed E-state index contributed by atoms with van der Waals surface area (Å²) in [6.45, 7) is -1.28. The van der Waals surface area contributed by atoms with Crippen molar-refractivity contribution in [1.82, 2.24) is 0 Å². The number of nitrogens with two attached hydrogens (primary N) is 1. The van der Waals surface area contributed by atoms with E-state index >= 15 is 0 Å². The standard InChI is InChI=1S/C5H12O5.C4H7NO4/c6-1-3(8)5(10)4(9)2-7;5-2(4(8)9)1-3(6)7/h3-10H,1-2H2;2H,1,5H2,(H,6,7)(H,8,9). The van der Waals surface area contributed by atoms with Gasteiger partial charge < -0.3 is 41.5 Å². The first-order chi connectivity index (χ1) is 8.67. The number of carboxylic acid groups (broad SMARTS) is 2. The molecular weight excluding hydrogens is 266 g/mol. The van der Waals surface area contributed by atoms with Crippen LogP contribution in [0.5, 0.6) is 0 Å². The minimum Gasteiger partial charge on any atom is -0.481 e. The summed E-state index contributed by atoms with van der Waals surface area (Å²) >= 11 is 0. The maximum absolute atomic E-state index is 9.85. The highest BCUT2D eigenvalue weighted by Gasteiger charge is 2.22. The van der Waals surface area contributed by atoms with E-state index in [9.17, 15) is 9.59 Å². The van der Waals surface area contributed by atoms with Crippen LogP contribution in [-0.4, -0.2) is 85.3 Å². The maximum Gasteiger partial charge on any atom is 0.321 e. The Hall–Kier alpha value is -1.30. The van der Waals surface area contributed by atoms with Crippen LogP contribution in [0.15, 0.2) is 0 Å². The Balaban J connectivity index is 0. The van der Waals surface area contributed by atoms with Crippen molar-refractivity contribution >= 4 is 11.9 Å². The molecule has 0 aliphatic rings. The second kappa shape index (κ2) is 10.6. The summed E-state index contributed by atoms with van der Waals surface area (Å²) in [5.41, 5.74) is 4.84. The highest BCUT2D eigenvalue weighted by atomic mass is 16.4. The van der Waals surface area contributed by atoms with Gasteiger partial charge in [-0.25, -0.2) is 0 Å². The molecule has 0 spiro atoms. The molecule has 0 fully saturated rings. The van der Waals surface area contributed by atoms with E-state index in [4.69, 9.17) is 41.5 Å². The Labute approximate surface area is 108 Å². The summed E-state index contributed by atoms with van der Waals surface area (Å²) in [4.78, 5) is 19.6. The third kappa shape index (κ3) is 10.3. The van der Waals surface area contributed by atoms with Gasteiger partial charge in [0.15, 0.2) is 0 Å². The summed E-state index contributed by atoms with van der Waals surface area (Å²) in [6.07, 6.45) is -4.82. The van der Waals surface area contributed by atoms with Gasteiger partial charge in [-0.3, -0.25) is 9.59 Å². The van der Waals surface area contributed by atoms with Crippen molar-refractivity contribution in [2.75, 3.05) is 13.2 Å².